The normalized spacial score (nSPS) is 14.1. The number of hydrogen-bond donors (Lipinski definition) is 1. The molecule has 1 N–H and O–H groups in total. The highest BCUT2D eigenvalue weighted by Crippen LogP contribution is 2.31. The lowest BCUT2D eigenvalue weighted by molar-refractivity contribution is 0.0697. The summed E-state index contributed by atoms with van der Waals surface area (Å²) in [4.78, 5) is 10.9. The van der Waals surface area contributed by atoms with Gasteiger partial charge in [-0.1, -0.05) is 18.2 Å². The standard InChI is InChI=1S/C17H16N2O2/c20-17(21)13-7-3-8-14(11-13)18-19-16-10-4-6-12-5-1-2-9-15(12)16/h3-4,6-8,10-11H,1-2,5,9H2,(H,20,21). The van der Waals surface area contributed by atoms with E-state index >= 15 is 0 Å². The molecular weight excluding hydrogens is 264 g/mol. The highest BCUT2D eigenvalue weighted by molar-refractivity contribution is 5.88. The summed E-state index contributed by atoms with van der Waals surface area (Å²) < 4.78 is 0. The maximum atomic E-state index is 10.9. The fraction of sp³-hybridized carbons (Fsp3) is 0.235. The van der Waals surface area contributed by atoms with Gasteiger partial charge >= 0.3 is 5.97 Å². The lowest BCUT2D eigenvalue weighted by Gasteiger charge is -2.16. The SMILES string of the molecule is O=C(O)c1cccc(N=Nc2cccc3c2CCCC3)c1. The van der Waals surface area contributed by atoms with Crippen LogP contribution in [0.2, 0.25) is 0 Å². The van der Waals surface area contributed by atoms with Crippen LogP contribution < -0.4 is 0 Å². The summed E-state index contributed by atoms with van der Waals surface area (Å²) in [6, 6.07) is 12.6. The quantitative estimate of drug-likeness (QED) is 0.830. The van der Waals surface area contributed by atoms with Gasteiger partial charge in [0.05, 0.1) is 16.9 Å². The number of benzene rings is 2. The first-order valence-electron chi connectivity index (χ1n) is 7.10. The highest BCUT2D eigenvalue weighted by Gasteiger charge is 2.12. The van der Waals surface area contributed by atoms with Crippen LogP contribution in [0.5, 0.6) is 0 Å². The second kappa shape index (κ2) is 5.87. The van der Waals surface area contributed by atoms with E-state index in [1.54, 1.807) is 18.2 Å². The number of aryl methyl sites for hydroxylation is 1. The molecule has 0 saturated carbocycles. The molecule has 0 spiro atoms. The number of carboxylic acids is 1. The van der Waals surface area contributed by atoms with Crippen LogP contribution in [0.25, 0.3) is 0 Å². The predicted octanol–water partition coefficient (Wildman–Crippen LogP) is 4.68. The van der Waals surface area contributed by atoms with E-state index in [1.165, 1.54) is 30.0 Å². The minimum absolute atomic E-state index is 0.224. The van der Waals surface area contributed by atoms with Crippen molar-refractivity contribution in [3.8, 4) is 0 Å². The third kappa shape index (κ3) is 2.99. The van der Waals surface area contributed by atoms with Crippen LogP contribution >= 0.6 is 0 Å². The number of carboxylic acid groups (broad SMARTS) is 1. The fourth-order valence-electron chi connectivity index (χ4n) is 2.67. The monoisotopic (exact) mass is 280 g/mol. The number of rotatable bonds is 3. The summed E-state index contributed by atoms with van der Waals surface area (Å²) in [5.74, 6) is -0.954. The van der Waals surface area contributed by atoms with Gasteiger partial charge in [0.1, 0.15) is 0 Å². The molecule has 0 aromatic heterocycles. The molecule has 1 aliphatic rings. The lowest BCUT2D eigenvalue weighted by atomic mass is 9.91. The minimum Gasteiger partial charge on any atom is -0.478 e. The molecule has 4 heteroatoms. The zero-order chi connectivity index (χ0) is 14.7. The van der Waals surface area contributed by atoms with Gasteiger partial charge in [0.25, 0.3) is 0 Å². The van der Waals surface area contributed by atoms with Crippen molar-refractivity contribution in [3.63, 3.8) is 0 Å². The van der Waals surface area contributed by atoms with Crippen LogP contribution in [-0.4, -0.2) is 11.1 Å². The zero-order valence-electron chi connectivity index (χ0n) is 11.6. The predicted molar refractivity (Wildman–Crippen MR) is 80.7 cm³/mol. The average molecular weight is 280 g/mol. The lowest BCUT2D eigenvalue weighted by Crippen LogP contribution is -2.01. The summed E-state index contributed by atoms with van der Waals surface area (Å²) in [5, 5.41) is 17.5. The number of carbonyl (C=O) groups is 1. The smallest absolute Gasteiger partial charge is 0.335 e. The van der Waals surface area contributed by atoms with Gasteiger partial charge in [-0.3, -0.25) is 0 Å². The Morgan fingerprint density at radius 2 is 1.81 bits per heavy atom. The van der Waals surface area contributed by atoms with Crippen LogP contribution in [0.3, 0.4) is 0 Å². The first-order valence-corrected chi connectivity index (χ1v) is 7.10. The van der Waals surface area contributed by atoms with Crippen molar-refractivity contribution in [3.05, 3.63) is 59.2 Å². The van der Waals surface area contributed by atoms with Crippen LogP contribution in [0.15, 0.2) is 52.7 Å². The molecule has 0 atom stereocenters. The van der Waals surface area contributed by atoms with Gasteiger partial charge in [0.15, 0.2) is 0 Å². The Hall–Kier alpha value is -2.49. The van der Waals surface area contributed by atoms with Crippen LogP contribution in [0.4, 0.5) is 11.4 Å². The van der Waals surface area contributed by atoms with Crippen LogP contribution in [-0.2, 0) is 12.8 Å². The van der Waals surface area contributed by atoms with Gasteiger partial charge in [0.2, 0.25) is 0 Å². The first-order chi connectivity index (χ1) is 10.2. The number of aromatic carboxylic acids is 1. The molecule has 4 nitrogen and oxygen atoms in total. The second-order valence-electron chi connectivity index (χ2n) is 5.18. The molecule has 0 amide bonds. The van der Waals surface area contributed by atoms with Crippen LogP contribution in [0.1, 0.15) is 34.3 Å². The summed E-state index contributed by atoms with van der Waals surface area (Å²) >= 11 is 0. The number of nitrogens with zero attached hydrogens (tertiary/aromatic N) is 2. The Kier molecular flexibility index (Phi) is 3.77. The Balaban J connectivity index is 1.90. The summed E-state index contributed by atoms with van der Waals surface area (Å²) in [5.41, 5.74) is 4.32. The van der Waals surface area contributed by atoms with E-state index in [-0.39, 0.29) is 5.56 Å². The van der Waals surface area contributed by atoms with Crippen molar-refractivity contribution in [2.45, 2.75) is 25.7 Å². The van der Waals surface area contributed by atoms with Crippen molar-refractivity contribution in [2.24, 2.45) is 10.2 Å². The molecule has 0 fully saturated rings. The van der Waals surface area contributed by atoms with Gasteiger partial charge in [-0.05, 0) is 61.1 Å². The van der Waals surface area contributed by atoms with E-state index in [0.717, 1.165) is 18.5 Å². The third-order valence-corrected chi connectivity index (χ3v) is 3.74. The van der Waals surface area contributed by atoms with Crippen LogP contribution in [0, 0.1) is 0 Å². The fourth-order valence-corrected chi connectivity index (χ4v) is 2.67. The third-order valence-electron chi connectivity index (χ3n) is 3.74. The molecule has 2 aromatic rings. The van der Waals surface area contributed by atoms with E-state index in [9.17, 15) is 4.79 Å². The van der Waals surface area contributed by atoms with E-state index in [0.29, 0.717) is 5.69 Å². The van der Waals surface area contributed by atoms with Gasteiger partial charge < -0.3 is 5.11 Å². The minimum atomic E-state index is -0.954. The summed E-state index contributed by atoms with van der Waals surface area (Å²) in [7, 11) is 0. The number of hydrogen-bond acceptors (Lipinski definition) is 3. The van der Waals surface area contributed by atoms with Gasteiger partial charge in [0, 0.05) is 0 Å². The molecule has 0 aliphatic heterocycles. The topological polar surface area (TPSA) is 62.0 Å². The molecule has 0 heterocycles. The largest absolute Gasteiger partial charge is 0.478 e. The Labute approximate surface area is 123 Å². The summed E-state index contributed by atoms with van der Waals surface area (Å²) in [6.07, 6.45) is 4.56. The van der Waals surface area contributed by atoms with Gasteiger partial charge in [-0.2, -0.15) is 10.2 Å². The van der Waals surface area contributed by atoms with Crippen molar-refractivity contribution in [2.75, 3.05) is 0 Å². The molecule has 106 valence electrons. The molecule has 0 radical (unpaired) electrons. The van der Waals surface area contributed by atoms with E-state index in [1.807, 2.05) is 12.1 Å². The molecule has 0 bridgehead atoms. The number of azo groups is 1. The molecule has 0 saturated heterocycles. The molecule has 0 unspecified atom stereocenters. The number of fused-ring (bicyclic) bond motifs is 1. The summed E-state index contributed by atoms with van der Waals surface area (Å²) in [6.45, 7) is 0. The van der Waals surface area contributed by atoms with Gasteiger partial charge in [-0.15, -0.1) is 0 Å². The molecule has 21 heavy (non-hydrogen) atoms. The molecular formula is C17H16N2O2. The Bertz CT molecular complexity index is 708. The van der Waals surface area contributed by atoms with Crippen molar-refractivity contribution >= 4 is 17.3 Å². The Morgan fingerprint density at radius 1 is 1.00 bits per heavy atom. The zero-order valence-corrected chi connectivity index (χ0v) is 11.6. The second-order valence-corrected chi connectivity index (χ2v) is 5.18. The van der Waals surface area contributed by atoms with E-state index in [4.69, 9.17) is 5.11 Å². The van der Waals surface area contributed by atoms with Crippen molar-refractivity contribution in [1.29, 1.82) is 0 Å². The molecule has 3 rings (SSSR count). The maximum Gasteiger partial charge on any atom is 0.335 e. The van der Waals surface area contributed by atoms with E-state index < -0.39 is 5.97 Å². The van der Waals surface area contributed by atoms with Crippen molar-refractivity contribution in [1.82, 2.24) is 0 Å². The molecule has 2 aromatic carbocycles. The average Bonchev–Trinajstić information content (AvgIpc) is 2.53. The van der Waals surface area contributed by atoms with E-state index in [2.05, 4.69) is 16.3 Å². The highest BCUT2D eigenvalue weighted by atomic mass is 16.4. The van der Waals surface area contributed by atoms with Gasteiger partial charge in [-0.25, -0.2) is 4.79 Å². The van der Waals surface area contributed by atoms with Crippen molar-refractivity contribution < 1.29 is 9.90 Å². The maximum absolute atomic E-state index is 10.9. The first kappa shape index (κ1) is 13.5. The molecule has 1 aliphatic carbocycles. The Morgan fingerprint density at radius 3 is 2.67 bits per heavy atom.